The molecule has 0 unspecified atom stereocenters. The molecule has 0 aromatic heterocycles. The lowest BCUT2D eigenvalue weighted by molar-refractivity contribution is -0.219. The Bertz CT molecular complexity index is 1140. The largest absolute Gasteiger partial charge is 0.455 e. The zero-order chi connectivity index (χ0) is 29.5. The Morgan fingerprint density at radius 2 is 1.80 bits per heavy atom. The highest BCUT2D eigenvalue weighted by atomic mass is 16.6. The fraction of sp³-hybridized carbons (Fsp3) is 0.647. The molecule has 40 heavy (non-hydrogen) atoms. The first-order valence-electron chi connectivity index (χ1n) is 15.0. The average molecular weight is 553 g/mol. The molecule has 0 spiro atoms. The maximum atomic E-state index is 13.2. The molecule has 0 aliphatic heterocycles. The van der Waals surface area contributed by atoms with Crippen LogP contribution in [0.25, 0.3) is 0 Å². The van der Waals surface area contributed by atoms with Gasteiger partial charge < -0.3 is 19.7 Å². The van der Waals surface area contributed by atoms with Gasteiger partial charge in [-0.25, -0.2) is 0 Å². The van der Waals surface area contributed by atoms with Crippen molar-refractivity contribution in [1.82, 2.24) is 0 Å². The number of allylic oxidation sites excluding steroid dienone is 6. The van der Waals surface area contributed by atoms with Crippen molar-refractivity contribution in [1.29, 1.82) is 0 Å². The number of esters is 1. The van der Waals surface area contributed by atoms with Crippen LogP contribution in [0.3, 0.4) is 0 Å². The quantitative estimate of drug-likeness (QED) is 0.211. The van der Waals surface area contributed by atoms with Gasteiger partial charge in [-0.15, -0.1) is 0 Å². The molecule has 2 fully saturated rings. The van der Waals surface area contributed by atoms with Gasteiger partial charge in [-0.1, -0.05) is 96.6 Å². The summed E-state index contributed by atoms with van der Waals surface area (Å²) in [7, 11) is 0. The normalized spacial score (nSPS) is 38.3. The Hall–Kier alpha value is -2.28. The Kier molecular flexibility index (Phi) is 8.85. The molecule has 0 aromatic carbocycles. The molecule has 0 heterocycles. The van der Waals surface area contributed by atoms with Crippen LogP contribution in [0, 0.1) is 40.9 Å². The Balaban J connectivity index is 1.73. The molecule has 6 nitrogen and oxygen atoms in total. The molecular weight excluding hydrogens is 504 g/mol. The minimum atomic E-state index is -1.31. The van der Waals surface area contributed by atoms with Gasteiger partial charge in [0.2, 0.25) is 0 Å². The molecule has 2 saturated carbocycles. The van der Waals surface area contributed by atoms with Gasteiger partial charge in [-0.05, 0) is 30.9 Å². The van der Waals surface area contributed by atoms with Crippen LogP contribution >= 0.6 is 0 Å². The summed E-state index contributed by atoms with van der Waals surface area (Å²) in [6.45, 7) is 13.9. The second-order valence-corrected chi connectivity index (χ2v) is 13.1. The highest BCUT2D eigenvalue weighted by Gasteiger charge is 2.86. The molecule has 2 N–H and O–H groups in total. The van der Waals surface area contributed by atoms with E-state index < -0.39 is 46.4 Å². The van der Waals surface area contributed by atoms with Crippen molar-refractivity contribution in [2.24, 2.45) is 40.9 Å². The van der Waals surface area contributed by atoms with E-state index in [1.54, 1.807) is 0 Å². The predicted molar refractivity (Wildman–Crippen MR) is 156 cm³/mol. The molecule has 4 aliphatic carbocycles. The van der Waals surface area contributed by atoms with Crippen molar-refractivity contribution < 1.29 is 29.3 Å². The van der Waals surface area contributed by atoms with E-state index in [1.165, 1.54) is 0 Å². The van der Waals surface area contributed by atoms with Crippen LogP contribution in [0.15, 0.2) is 59.8 Å². The molecule has 4 aliphatic rings. The van der Waals surface area contributed by atoms with Crippen molar-refractivity contribution in [3.63, 3.8) is 0 Å². The molecule has 4 rings (SSSR count). The summed E-state index contributed by atoms with van der Waals surface area (Å²) in [5, 5.41) is 23.0. The van der Waals surface area contributed by atoms with Crippen LogP contribution in [0.2, 0.25) is 0 Å². The number of rotatable bonds is 10. The number of unbranched alkanes of at least 4 members (excludes halogenated alkanes) is 1. The summed E-state index contributed by atoms with van der Waals surface area (Å²) >= 11 is 0. The summed E-state index contributed by atoms with van der Waals surface area (Å²) in [6.07, 6.45) is 17.9. The maximum Gasteiger partial charge on any atom is 0.309 e. The standard InChI is InChI=1S/C34H48O6/c1-8-9-10-11-12-13-14-15-16-39-30-23(5)33(38)26-17-22(4)28(36)25(26)18-24(20-35)19-27(33)29-32(6,7)34(29,30)40-31(37)21(2)3/h10-15,17,19,21,23,25-27,29-30,35,38H,8-9,16,18,20H2,1-7H3/b11-10+,13-12+,15-14?/t23-,25+,26-,27+,29-,30-,33+,34-/m1/s1. The monoisotopic (exact) mass is 552 g/mol. The van der Waals surface area contributed by atoms with Crippen molar-refractivity contribution in [3.8, 4) is 0 Å². The second kappa shape index (κ2) is 11.5. The van der Waals surface area contributed by atoms with Gasteiger partial charge in [0.05, 0.1) is 24.7 Å². The molecule has 0 amide bonds. The molecule has 0 aromatic rings. The molecular formula is C34H48O6. The predicted octanol–water partition coefficient (Wildman–Crippen LogP) is 5.52. The van der Waals surface area contributed by atoms with Gasteiger partial charge in [0, 0.05) is 35.0 Å². The number of ether oxygens (including phenoxy) is 2. The molecule has 220 valence electrons. The van der Waals surface area contributed by atoms with E-state index in [2.05, 4.69) is 26.8 Å². The summed E-state index contributed by atoms with van der Waals surface area (Å²) < 4.78 is 13.0. The molecule has 0 radical (unpaired) electrons. The van der Waals surface area contributed by atoms with Crippen LogP contribution in [0.5, 0.6) is 0 Å². The van der Waals surface area contributed by atoms with Crippen LogP contribution in [-0.2, 0) is 19.1 Å². The smallest absolute Gasteiger partial charge is 0.309 e. The van der Waals surface area contributed by atoms with Gasteiger partial charge in [0.1, 0.15) is 11.7 Å². The second-order valence-electron chi connectivity index (χ2n) is 13.1. The number of aliphatic hydroxyl groups excluding tert-OH is 1. The average Bonchev–Trinajstić information content (AvgIpc) is 3.30. The van der Waals surface area contributed by atoms with E-state index in [4.69, 9.17) is 9.47 Å². The number of hydrogen-bond donors (Lipinski definition) is 2. The highest BCUT2D eigenvalue weighted by Crippen LogP contribution is 2.77. The third-order valence-electron chi connectivity index (χ3n) is 10.1. The molecule has 0 bridgehead atoms. The van der Waals surface area contributed by atoms with Crippen LogP contribution < -0.4 is 0 Å². The van der Waals surface area contributed by atoms with Crippen LogP contribution in [0.4, 0.5) is 0 Å². The summed E-state index contributed by atoms with van der Waals surface area (Å²) in [6, 6.07) is 0. The Morgan fingerprint density at radius 3 is 2.42 bits per heavy atom. The molecule has 6 heteroatoms. The lowest BCUT2D eigenvalue weighted by Crippen LogP contribution is -2.63. The lowest BCUT2D eigenvalue weighted by Gasteiger charge is -2.52. The number of fused-ring (bicyclic) bond motifs is 5. The fourth-order valence-electron chi connectivity index (χ4n) is 7.89. The number of Topliss-reactive ketones (excluding diaryl/α,β-unsaturated/α-hetero) is 1. The Labute approximate surface area is 239 Å². The van der Waals surface area contributed by atoms with E-state index in [0.717, 1.165) is 18.4 Å². The van der Waals surface area contributed by atoms with Crippen molar-refractivity contribution in [3.05, 3.63) is 59.8 Å². The van der Waals surface area contributed by atoms with Gasteiger partial charge in [-0.2, -0.15) is 0 Å². The van der Waals surface area contributed by atoms with Crippen molar-refractivity contribution >= 4 is 11.8 Å². The highest BCUT2D eigenvalue weighted by molar-refractivity contribution is 6.00. The first kappa shape index (κ1) is 30.7. The third kappa shape index (κ3) is 4.80. The van der Waals surface area contributed by atoms with E-state index >= 15 is 0 Å². The van der Waals surface area contributed by atoms with Crippen molar-refractivity contribution in [2.75, 3.05) is 13.2 Å². The Morgan fingerprint density at radius 1 is 1.12 bits per heavy atom. The topological polar surface area (TPSA) is 93.1 Å². The number of ketones is 1. The zero-order valence-corrected chi connectivity index (χ0v) is 25.2. The summed E-state index contributed by atoms with van der Waals surface area (Å²) in [4.78, 5) is 26.3. The zero-order valence-electron chi connectivity index (χ0n) is 25.2. The summed E-state index contributed by atoms with van der Waals surface area (Å²) in [5.74, 6) is -2.48. The maximum absolute atomic E-state index is 13.2. The van der Waals surface area contributed by atoms with E-state index in [-0.39, 0.29) is 30.2 Å². The lowest BCUT2D eigenvalue weighted by atomic mass is 9.60. The molecule has 8 atom stereocenters. The van der Waals surface area contributed by atoms with E-state index in [1.807, 2.05) is 70.2 Å². The van der Waals surface area contributed by atoms with Crippen LogP contribution in [-0.4, -0.2) is 52.5 Å². The van der Waals surface area contributed by atoms with E-state index in [9.17, 15) is 19.8 Å². The summed E-state index contributed by atoms with van der Waals surface area (Å²) in [5.41, 5.74) is -1.31. The number of hydrogen-bond acceptors (Lipinski definition) is 6. The van der Waals surface area contributed by atoms with Crippen LogP contribution in [0.1, 0.15) is 67.7 Å². The molecule has 0 saturated heterocycles. The van der Waals surface area contributed by atoms with Gasteiger partial charge in [0.25, 0.3) is 0 Å². The SMILES string of the molecule is CCC/C=C/C=C/C=CCO[C@@H]1[C@@H](C)[C@]2(O)[C@@H]3C=C(C)C(=O)[C@H]3CC(CO)=C[C@H]2[C@@H]2C(C)(C)[C@]12OC(=O)C(C)C. The number of carbonyl (C=O) groups excluding carboxylic acids is 2. The minimum absolute atomic E-state index is 0.0314. The fourth-order valence-corrected chi connectivity index (χ4v) is 7.89. The van der Waals surface area contributed by atoms with E-state index in [0.29, 0.717) is 18.6 Å². The minimum Gasteiger partial charge on any atom is -0.455 e. The first-order chi connectivity index (χ1) is 18.9. The first-order valence-corrected chi connectivity index (χ1v) is 15.0. The van der Waals surface area contributed by atoms with Gasteiger partial charge >= 0.3 is 5.97 Å². The number of carbonyl (C=O) groups is 2. The van der Waals surface area contributed by atoms with Crippen molar-refractivity contribution in [2.45, 2.75) is 85.0 Å². The van der Waals surface area contributed by atoms with Gasteiger partial charge in [0.15, 0.2) is 5.78 Å². The number of aliphatic hydroxyl groups is 2. The third-order valence-corrected chi connectivity index (χ3v) is 10.1. The van der Waals surface area contributed by atoms with Gasteiger partial charge in [-0.3, -0.25) is 9.59 Å².